The van der Waals surface area contributed by atoms with Gasteiger partial charge in [0.1, 0.15) is 0 Å². The van der Waals surface area contributed by atoms with E-state index in [1.165, 1.54) is 21.6 Å². The lowest BCUT2D eigenvalue weighted by Crippen LogP contribution is -2.33. The van der Waals surface area contributed by atoms with E-state index in [0.29, 0.717) is 13.2 Å². The fraction of sp³-hybridized carbons (Fsp3) is 0.167. The molecule has 0 bridgehead atoms. The van der Waals surface area contributed by atoms with Crippen molar-refractivity contribution in [3.8, 4) is 0 Å². The average molecular weight is 340 g/mol. The van der Waals surface area contributed by atoms with Crippen LogP contribution in [0.5, 0.6) is 0 Å². The van der Waals surface area contributed by atoms with Crippen molar-refractivity contribution in [1.82, 2.24) is 0 Å². The van der Waals surface area contributed by atoms with Gasteiger partial charge in [0, 0.05) is 11.1 Å². The zero-order valence-electron chi connectivity index (χ0n) is 14.5. The first-order valence-electron chi connectivity index (χ1n) is 9.10. The van der Waals surface area contributed by atoms with E-state index >= 15 is 0 Å². The smallest absolute Gasteiger partial charge is 0.222 e. The molecule has 1 aliphatic carbocycles. The van der Waals surface area contributed by atoms with Crippen molar-refractivity contribution < 1.29 is 9.47 Å². The van der Waals surface area contributed by atoms with Gasteiger partial charge in [-0.1, -0.05) is 78.9 Å². The number of hydrogen-bond donors (Lipinski definition) is 0. The van der Waals surface area contributed by atoms with Gasteiger partial charge in [0.05, 0.1) is 13.2 Å². The summed E-state index contributed by atoms with van der Waals surface area (Å²) in [5.41, 5.74) is 4.75. The first-order chi connectivity index (χ1) is 12.9. The third-order valence-corrected chi connectivity index (χ3v) is 5.25. The molecule has 1 heterocycles. The second-order valence-corrected chi connectivity index (χ2v) is 6.73. The Morgan fingerprint density at radius 1 is 0.692 bits per heavy atom. The first kappa shape index (κ1) is 15.6. The summed E-state index contributed by atoms with van der Waals surface area (Å²) in [6, 6.07) is 27.4. The van der Waals surface area contributed by atoms with Crippen LogP contribution in [0.4, 0.5) is 0 Å². The zero-order valence-corrected chi connectivity index (χ0v) is 14.5. The predicted molar refractivity (Wildman–Crippen MR) is 103 cm³/mol. The highest BCUT2D eigenvalue weighted by Crippen LogP contribution is 2.37. The van der Waals surface area contributed by atoms with Crippen LogP contribution >= 0.6 is 0 Å². The van der Waals surface area contributed by atoms with E-state index in [9.17, 15) is 0 Å². The van der Waals surface area contributed by atoms with Gasteiger partial charge < -0.3 is 9.47 Å². The van der Waals surface area contributed by atoms with Gasteiger partial charge in [0.2, 0.25) is 5.79 Å². The Hall–Kier alpha value is -2.68. The Balaban J connectivity index is 1.72. The number of rotatable bonds is 3. The van der Waals surface area contributed by atoms with Gasteiger partial charge in [-0.3, -0.25) is 0 Å². The van der Waals surface area contributed by atoms with Crippen molar-refractivity contribution in [3.63, 3.8) is 0 Å². The molecule has 0 atom stereocenters. The molecule has 128 valence electrons. The summed E-state index contributed by atoms with van der Waals surface area (Å²) in [5.74, 6) is -0.805. The van der Waals surface area contributed by atoms with Gasteiger partial charge in [-0.05, 0) is 34.1 Å². The van der Waals surface area contributed by atoms with Gasteiger partial charge in [0.15, 0.2) is 0 Å². The lowest BCUT2D eigenvalue weighted by atomic mass is 9.95. The summed E-state index contributed by atoms with van der Waals surface area (Å²) in [5, 5.41) is 2.57. The molecule has 2 nitrogen and oxygen atoms in total. The quantitative estimate of drug-likeness (QED) is 0.728. The number of hydrogen-bond acceptors (Lipinski definition) is 2. The maximum Gasteiger partial charge on any atom is 0.222 e. The molecule has 0 N–H and O–H groups in total. The third-order valence-electron chi connectivity index (χ3n) is 5.25. The van der Waals surface area contributed by atoms with Crippen LogP contribution in [0.15, 0.2) is 78.9 Å². The molecule has 2 heteroatoms. The van der Waals surface area contributed by atoms with Crippen molar-refractivity contribution in [3.05, 3.63) is 106 Å². The summed E-state index contributed by atoms with van der Waals surface area (Å²) in [6.07, 6.45) is 3.26. The van der Waals surface area contributed by atoms with E-state index in [1.54, 1.807) is 0 Å². The van der Waals surface area contributed by atoms with E-state index < -0.39 is 5.79 Å². The van der Waals surface area contributed by atoms with Gasteiger partial charge in [-0.25, -0.2) is 0 Å². The molecule has 0 saturated carbocycles. The Bertz CT molecular complexity index is 1050. The molecule has 26 heavy (non-hydrogen) atoms. The second-order valence-electron chi connectivity index (χ2n) is 6.73. The summed E-state index contributed by atoms with van der Waals surface area (Å²) in [6.45, 7) is 1.21. The van der Waals surface area contributed by atoms with Crippen molar-refractivity contribution in [2.75, 3.05) is 13.2 Å². The lowest BCUT2D eigenvalue weighted by Gasteiger charge is -2.28. The zero-order chi connectivity index (χ0) is 17.4. The molecule has 0 aromatic heterocycles. The van der Waals surface area contributed by atoms with Crippen LogP contribution in [0.1, 0.15) is 23.1 Å². The molecule has 1 fully saturated rings. The molecule has 0 unspecified atom stereocenters. The van der Waals surface area contributed by atoms with Crippen LogP contribution in [0.3, 0.4) is 0 Å². The van der Waals surface area contributed by atoms with Gasteiger partial charge >= 0.3 is 0 Å². The largest absolute Gasteiger partial charge is 0.340 e. The maximum atomic E-state index is 6.17. The van der Waals surface area contributed by atoms with E-state index in [2.05, 4.69) is 66.7 Å². The van der Waals surface area contributed by atoms with Crippen molar-refractivity contribution in [1.29, 1.82) is 0 Å². The van der Waals surface area contributed by atoms with E-state index in [-0.39, 0.29) is 0 Å². The molecule has 1 saturated heterocycles. The fourth-order valence-corrected chi connectivity index (χ4v) is 4.01. The van der Waals surface area contributed by atoms with Crippen LogP contribution in [-0.2, 0) is 15.3 Å². The second kappa shape index (κ2) is 6.24. The van der Waals surface area contributed by atoms with E-state index in [0.717, 1.165) is 17.5 Å². The minimum absolute atomic E-state index is 0.605. The summed E-state index contributed by atoms with van der Waals surface area (Å²) in [4.78, 5) is 0. The Kier molecular flexibility index (Phi) is 3.74. The monoisotopic (exact) mass is 340 g/mol. The van der Waals surface area contributed by atoms with Gasteiger partial charge in [0.25, 0.3) is 0 Å². The maximum absolute atomic E-state index is 6.17. The Labute approximate surface area is 153 Å². The van der Waals surface area contributed by atoms with Gasteiger partial charge in [-0.15, -0.1) is 0 Å². The first-order valence-corrected chi connectivity index (χ1v) is 9.10. The molecular weight excluding hydrogens is 320 g/mol. The lowest BCUT2D eigenvalue weighted by molar-refractivity contribution is -0.129. The standard InChI is InChI=1S/C24H20O2/c1-3-7-18(8-4-1)22-14-12-19-11-13-21(17-23(19)22)24(25-15-16-26-24)20-9-5-2-6-10-20/h1-13,17H,14-16H2. The minimum atomic E-state index is -0.805. The molecule has 0 spiro atoms. The average Bonchev–Trinajstić information content (AvgIpc) is 3.37. The Morgan fingerprint density at radius 2 is 1.38 bits per heavy atom. The number of fused-ring (bicyclic) bond motifs is 1. The molecular formula is C24H20O2. The van der Waals surface area contributed by atoms with E-state index in [1.807, 2.05) is 18.2 Å². The molecule has 2 aliphatic rings. The predicted octanol–water partition coefficient (Wildman–Crippen LogP) is 3.32. The highest BCUT2D eigenvalue weighted by Gasteiger charge is 2.40. The highest BCUT2D eigenvalue weighted by molar-refractivity contribution is 5.73. The molecule has 3 aromatic carbocycles. The highest BCUT2D eigenvalue weighted by atomic mass is 16.7. The normalized spacial score (nSPS) is 17.8. The summed E-state index contributed by atoms with van der Waals surface area (Å²) < 4.78 is 12.3. The van der Waals surface area contributed by atoms with Crippen LogP contribution in [-0.4, -0.2) is 13.2 Å². The van der Waals surface area contributed by atoms with Crippen LogP contribution in [0.25, 0.3) is 11.6 Å². The third kappa shape index (κ3) is 2.42. The fourth-order valence-electron chi connectivity index (χ4n) is 4.01. The van der Waals surface area contributed by atoms with Crippen LogP contribution in [0.2, 0.25) is 0 Å². The van der Waals surface area contributed by atoms with Crippen LogP contribution < -0.4 is 10.4 Å². The SMILES string of the molecule is C1=c2ccc(C3(c4ccccc4)OCCO3)cc2=C(c2ccccc2)C1. The number of ether oxygens (including phenoxy) is 2. The molecule has 3 aromatic rings. The molecule has 0 amide bonds. The van der Waals surface area contributed by atoms with Crippen molar-refractivity contribution >= 4 is 11.6 Å². The Morgan fingerprint density at radius 3 is 2.12 bits per heavy atom. The molecule has 1 aliphatic heterocycles. The minimum Gasteiger partial charge on any atom is -0.340 e. The van der Waals surface area contributed by atoms with Gasteiger partial charge in [-0.2, -0.15) is 0 Å². The summed E-state index contributed by atoms with van der Waals surface area (Å²) >= 11 is 0. The molecule has 5 rings (SSSR count). The number of benzene rings is 3. The topological polar surface area (TPSA) is 18.5 Å². The molecule has 0 radical (unpaired) electrons. The van der Waals surface area contributed by atoms with Crippen molar-refractivity contribution in [2.45, 2.75) is 12.2 Å². The summed E-state index contributed by atoms with van der Waals surface area (Å²) in [7, 11) is 0. The van der Waals surface area contributed by atoms with Crippen molar-refractivity contribution in [2.24, 2.45) is 0 Å². The van der Waals surface area contributed by atoms with E-state index in [4.69, 9.17) is 9.47 Å². The van der Waals surface area contributed by atoms with Crippen LogP contribution in [0, 0.1) is 0 Å².